The highest BCUT2D eigenvalue weighted by Crippen LogP contribution is 2.30. The topological polar surface area (TPSA) is 54.7 Å². The molecule has 142 valence electrons. The van der Waals surface area contributed by atoms with Crippen molar-refractivity contribution in [2.45, 2.75) is 52.7 Å². The number of aryl methyl sites for hydroxylation is 1. The highest BCUT2D eigenvalue weighted by Gasteiger charge is 2.18. The second kappa shape index (κ2) is 8.23. The van der Waals surface area contributed by atoms with Gasteiger partial charge in [-0.05, 0) is 64.9 Å². The van der Waals surface area contributed by atoms with E-state index in [1.807, 2.05) is 25.1 Å². The van der Waals surface area contributed by atoms with Crippen molar-refractivity contribution in [2.75, 3.05) is 26.2 Å². The Morgan fingerprint density at radius 3 is 2.65 bits per heavy atom. The molecule has 3 rings (SSSR count). The zero-order valence-electron chi connectivity index (χ0n) is 16.1. The lowest BCUT2D eigenvalue weighted by molar-refractivity contribution is 0.0617. The van der Waals surface area contributed by atoms with Crippen LogP contribution in [0.5, 0.6) is 5.75 Å². The first-order chi connectivity index (χ1) is 12.5. The first-order valence-corrected chi connectivity index (χ1v) is 9.68. The maximum atomic E-state index is 12.1. The molecule has 1 aromatic heterocycles. The standard InChI is InChI=1S/C21H30N2O3/c1-4-23-15(2)21(16(3)24)19-12-18(8-9-20(19)23)26-14-17(25)13-22-10-6-5-7-11-22/h8-9,12,17,25H,4-7,10-11,13-14H2,1-3H3/t17-/m1/s1. The summed E-state index contributed by atoms with van der Waals surface area (Å²) in [5.41, 5.74) is 2.81. The van der Waals surface area contributed by atoms with E-state index in [4.69, 9.17) is 4.74 Å². The van der Waals surface area contributed by atoms with Crippen LogP contribution in [0.2, 0.25) is 0 Å². The molecule has 1 saturated heterocycles. The Bertz CT molecular complexity index is 775. The van der Waals surface area contributed by atoms with Crippen molar-refractivity contribution in [3.8, 4) is 5.75 Å². The van der Waals surface area contributed by atoms with Crippen molar-refractivity contribution in [2.24, 2.45) is 0 Å². The first kappa shape index (κ1) is 18.9. The van der Waals surface area contributed by atoms with Crippen LogP contribution in [0.4, 0.5) is 0 Å². The van der Waals surface area contributed by atoms with Gasteiger partial charge in [-0.2, -0.15) is 0 Å². The van der Waals surface area contributed by atoms with Crippen LogP contribution in [0.25, 0.3) is 10.9 Å². The predicted molar refractivity (Wildman–Crippen MR) is 104 cm³/mol. The molecule has 0 aliphatic carbocycles. The third-order valence-corrected chi connectivity index (χ3v) is 5.32. The normalized spacial score (nSPS) is 16.8. The van der Waals surface area contributed by atoms with Gasteiger partial charge in [0.1, 0.15) is 18.5 Å². The van der Waals surface area contributed by atoms with Gasteiger partial charge in [0.2, 0.25) is 0 Å². The number of aliphatic hydroxyl groups excluding tert-OH is 1. The molecule has 1 aromatic carbocycles. The second-order valence-corrected chi connectivity index (χ2v) is 7.27. The summed E-state index contributed by atoms with van der Waals surface area (Å²) in [6.07, 6.45) is 3.22. The summed E-state index contributed by atoms with van der Waals surface area (Å²) >= 11 is 0. The minimum absolute atomic E-state index is 0.0713. The van der Waals surface area contributed by atoms with Gasteiger partial charge in [-0.3, -0.25) is 4.79 Å². The van der Waals surface area contributed by atoms with E-state index in [2.05, 4.69) is 16.4 Å². The minimum Gasteiger partial charge on any atom is -0.491 e. The molecule has 26 heavy (non-hydrogen) atoms. The lowest BCUT2D eigenvalue weighted by atomic mass is 10.1. The van der Waals surface area contributed by atoms with Crippen LogP contribution in [0, 0.1) is 6.92 Å². The fourth-order valence-corrected chi connectivity index (χ4v) is 4.09. The molecule has 1 aliphatic rings. The number of carbonyl (C=O) groups is 1. The summed E-state index contributed by atoms with van der Waals surface area (Å²) in [5.74, 6) is 0.771. The number of ether oxygens (including phenoxy) is 1. The van der Waals surface area contributed by atoms with E-state index in [0.717, 1.165) is 41.8 Å². The molecule has 1 N–H and O–H groups in total. The van der Waals surface area contributed by atoms with Crippen LogP contribution in [0.1, 0.15) is 49.2 Å². The average Bonchev–Trinajstić information content (AvgIpc) is 2.91. The molecule has 0 spiro atoms. The van der Waals surface area contributed by atoms with Crippen molar-refractivity contribution < 1.29 is 14.6 Å². The van der Waals surface area contributed by atoms with Crippen LogP contribution in [0.15, 0.2) is 18.2 Å². The molecule has 1 aliphatic heterocycles. The van der Waals surface area contributed by atoms with Gasteiger partial charge in [-0.25, -0.2) is 0 Å². The summed E-state index contributed by atoms with van der Waals surface area (Å²) in [6.45, 7) is 9.56. The number of β-amino-alcohol motifs (C(OH)–C–C–N with tert-alkyl or cyclic N) is 1. The Morgan fingerprint density at radius 1 is 1.27 bits per heavy atom. The fraction of sp³-hybridized carbons (Fsp3) is 0.571. The third-order valence-electron chi connectivity index (χ3n) is 5.32. The lowest BCUT2D eigenvalue weighted by Gasteiger charge is -2.28. The summed E-state index contributed by atoms with van der Waals surface area (Å²) < 4.78 is 7.99. The fourth-order valence-electron chi connectivity index (χ4n) is 4.09. The summed E-state index contributed by atoms with van der Waals surface area (Å²) in [5, 5.41) is 11.2. The number of aliphatic hydroxyl groups is 1. The molecule has 1 atom stereocenters. The van der Waals surface area contributed by atoms with Crippen LogP contribution in [-0.4, -0.2) is 52.7 Å². The van der Waals surface area contributed by atoms with E-state index in [1.165, 1.54) is 19.3 Å². The monoisotopic (exact) mass is 358 g/mol. The number of Topliss-reactive ketones (excluding diaryl/α,β-unsaturated/α-hetero) is 1. The van der Waals surface area contributed by atoms with Crippen LogP contribution < -0.4 is 4.74 Å². The molecule has 0 unspecified atom stereocenters. The average molecular weight is 358 g/mol. The van der Waals surface area contributed by atoms with Gasteiger partial charge < -0.3 is 19.3 Å². The Morgan fingerprint density at radius 2 is 2.00 bits per heavy atom. The molecule has 1 fully saturated rings. The SMILES string of the molecule is CCn1c(C)c(C(C)=O)c2cc(OC[C@H](O)CN3CCCCC3)ccc21. The van der Waals surface area contributed by atoms with E-state index in [-0.39, 0.29) is 12.4 Å². The van der Waals surface area contributed by atoms with Gasteiger partial charge in [0, 0.05) is 35.2 Å². The highest BCUT2D eigenvalue weighted by molar-refractivity contribution is 6.08. The second-order valence-electron chi connectivity index (χ2n) is 7.27. The van der Waals surface area contributed by atoms with Gasteiger partial charge in [-0.15, -0.1) is 0 Å². The van der Waals surface area contributed by atoms with Gasteiger partial charge >= 0.3 is 0 Å². The predicted octanol–water partition coefficient (Wildman–Crippen LogP) is 3.40. The zero-order valence-corrected chi connectivity index (χ0v) is 16.1. The summed E-state index contributed by atoms with van der Waals surface area (Å²) in [4.78, 5) is 14.4. The Balaban J connectivity index is 1.72. The quantitative estimate of drug-likeness (QED) is 0.771. The number of carbonyl (C=O) groups excluding carboxylic acids is 1. The number of aromatic nitrogens is 1. The van der Waals surface area contributed by atoms with E-state index in [0.29, 0.717) is 12.3 Å². The molecule has 0 amide bonds. The number of benzene rings is 1. The number of hydrogen-bond acceptors (Lipinski definition) is 4. The number of ketones is 1. The number of fused-ring (bicyclic) bond motifs is 1. The zero-order chi connectivity index (χ0) is 18.7. The van der Waals surface area contributed by atoms with Gasteiger partial charge in [0.05, 0.1) is 0 Å². The number of hydrogen-bond donors (Lipinski definition) is 1. The molecule has 2 aromatic rings. The van der Waals surface area contributed by atoms with Crippen LogP contribution >= 0.6 is 0 Å². The molecule has 0 radical (unpaired) electrons. The summed E-state index contributed by atoms with van der Waals surface area (Å²) in [6, 6.07) is 5.86. The third kappa shape index (κ3) is 3.94. The largest absolute Gasteiger partial charge is 0.491 e. The maximum absolute atomic E-state index is 12.1. The first-order valence-electron chi connectivity index (χ1n) is 9.68. The van der Waals surface area contributed by atoms with Crippen LogP contribution in [-0.2, 0) is 6.54 Å². The van der Waals surface area contributed by atoms with Crippen molar-refractivity contribution in [3.63, 3.8) is 0 Å². The maximum Gasteiger partial charge on any atom is 0.162 e. The molecular formula is C21H30N2O3. The van der Waals surface area contributed by atoms with Crippen LogP contribution in [0.3, 0.4) is 0 Å². The number of rotatable bonds is 7. The van der Waals surface area contributed by atoms with E-state index in [1.54, 1.807) is 6.92 Å². The summed E-state index contributed by atoms with van der Waals surface area (Å²) in [7, 11) is 0. The van der Waals surface area contributed by atoms with E-state index >= 15 is 0 Å². The molecule has 2 heterocycles. The van der Waals surface area contributed by atoms with Crippen molar-refractivity contribution in [3.05, 3.63) is 29.5 Å². The number of nitrogens with zero attached hydrogens (tertiary/aromatic N) is 2. The van der Waals surface area contributed by atoms with E-state index < -0.39 is 6.10 Å². The van der Waals surface area contributed by atoms with Crippen molar-refractivity contribution in [1.29, 1.82) is 0 Å². The molecule has 0 bridgehead atoms. The lowest BCUT2D eigenvalue weighted by Crippen LogP contribution is -2.38. The van der Waals surface area contributed by atoms with Crippen molar-refractivity contribution >= 4 is 16.7 Å². The molecule has 5 heteroatoms. The molecule has 0 saturated carbocycles. The highest BCUT2D eigenvalue weighted by atomic mass is 16.5. The minimum atomic E-state index is -0.502. The van der Waals surface area contributed by atoms with Crippen molar-refractivity contribution in [1.82, 2.24) is 9.47 Å². The number of piperidine rings is 1. The molecule has 5 nitrogen and oxygen atoms in total. The number of likely N-dealkylation sites (tertiary alicyclic amines) is 1. The molecular weight excluding hydrogens is 328 g/mol. The Labute approximate surface area is 155 Å². The van der Waals surface area contributed by atoms with Gasteiger partial charge in [-0.1, -0.05) is 6.42 Å². The Hall–Kier alpha value is -1.85. The smallest absolute Gasteiger partial charge is 0.162 e. The Kier molecular flexibility index (Phi) is 5.99. The van der Waals surface area contributed by atoms with Gasteiger partial charge in [0.25, 0.3) is 0 Å². The van der Waals surface area contributed by atoms with E-state index in [9.17, 15) is 9.90 Å². The van der Waals surface area contributed by atoms with Gasteiger partial charge in [0.15, 0.2) is 5.78 Å².